The quantitative estimate of drug-likeness (QED) is 0.817. The van der Waals surface area contributed by atoms with Gasteiger partial charge in [-0.15, -0.1) is 0 Å². The molecular weight excluding hydrogens is 226 g/mol. The normalized spacial score (nSPS) is 11.0. The van der Waals surface area contributed by atoms with Crippen LogP contribution in [-0.4, -0.2) is 12.3 Å². The number of ether oxygens (including phenoxy) is 1. The van der Waals surface area contributed by atoms with Crippen LogP contribution in [0.2, 0.25) is 0 Å². The second-order valence-electron chi connectivity index (χ2n) is 4.84. The Kier molecular flexibility index (Phi) is 3.41. The van der Waals surface area contributed by atoms with Crippen molar-refractivity contribution in [3.63, 3.8) is 0 Å². The first-order valence-electron chi connectivity index (χ1n) is 6.15. The second kappa shape index (κ2) is 4.84. The maximum atomic E-state index is 5.37. The van der Waals surface area contributed by atoms with Crippen molar-refractivity contribution in [2.24, 2.45) is 0 Å². The third kappa shape index (κ3) is 2.13. The number of aromatic nitrogens is 1. The van der Waals surface area contributed by atoms with E-state index < -0.39 is 0 Å². The van der Waals surface area contributed by atoms with Crippen molar-refractivity contribution < 1.29 is 9.26 Å². The molecular formula is C15H19NO2. The number of hydrogen-bond donors (Lipinski definition) is 0. The summed E-state index contributed by atoms with van der Waals surface area (Å²) in [6.45, 7) is 8.21. The number of methoxy groups -OCH3 is 1. The Bertz CT molecular complexity index is 556. The van der Waals surface area contributed by atoms with Crippen LogP contribution in [0.3, 0.4) is 0 Å². The van der Waals surface area contributed by atoms with Crippen molar-refractivity contribution in [1.29, 1.82) is 0 Å². The zero-order valence-corrected chi connectivity index (χ0v) is 11.6. The van der Waals surface area contributed by atoms with Gasteiger partial charge in [-0.05, 0) is 37.0 Å². The molecule has 2 aromatic rings. The van der Waals surface area contributed by atoms with E-state index in [9.17, 15) is 0 Å². The average molecular weight is 245 g/mol. The van der Waals surface area contributed by atoms with Crippen LogP contribution < -0.4 is 4.74 Å². The molecule has 0 aliphatic rings. The van der Waals surface area contributed by atoms with Crippen molar-refractivity contribution in [2.45, 2.75) is 33.6 Å². The molecule has 0 fully saturated rings. The molecule has 0 radical (unpaired) electrons. The molecule has 0 amide bonds. The maximum Gasteiger partial charge on any atom is 0.141 e. The predicted molar refractivity (Wildman–Crippen MR) is 72.1 cm³/mol. The smallest absolute Gasteiger partial charge is 0.141 e. The van der Waals surface area contributed by atoms with Crippen molar-refractivity contribution in [3.8, 4) is 16.9 Å². The molecule has 0 unspecified atom stereocenters. The molecule has 3 heteroatoms. The minimum Gasteiger partial charge on any atom is -0.496 e. The van der Waals surface area contributed by atoms with Crippen LogP contribution in [0, 0.1) is 13.8 Å². The molecule has 1 heterocycles. The monoisotopic (exact) mass is 245 g/mol. The van der Waals surface area contributed by atoms with Crippen molar-refractivity contribution in [1.82, 2.24) is 5.16 Å². The van der Waals surface area contributed by atoms with Crippen LogP contribution in [-0.2, 0) is 0 Å². The van der Waals surface area contributed by atoms with Gasteiger partial charge in [0.25, 0.3) is 0 Å². The van der Waals surface area contributed by atoms with Gasteiger partial charge in [0.2, 0.25) is 0 Å². The van der Waals surface area contributed by atoms with E-state index in [4.69, 9.17) is 9.26 Å². The molecule has 0 saturated heterocycles. The lowest BCUT2D eigenvalue weighted by Crippen LogP contribution is -1.93. The van der Waals surface area contributed by atoms with Crippen LogP contribution in [0.1, 0.15) is 36.8 Å². The maximum absolute atomic E-state index is 5.37. The Morgan fingerprint density at radius 1 is 1.22 bits per heavy atom. The Labute approximate surface area is 108 Å². The SMILES string of the molecule is COc1cc(-c2c(C(C)C)noc2C)ccc1C. The summed E-state index contributed by atoms with van der Waals surface area (Å²) in [5, 5.41) is 4.15. The van der Waals surface area contributed by atoms with E-state index in [2.05, 4.69) is 31.1 Å². The molecule has 0 aliphatic heterocycles. The highest BCUT2D eigenvalue weighted by Crippen LogP contribution is 2.34. The van der Waals surface area contributed by atoms with E-state index in [1.165, 1.54) is 0 Å². The van der Waals surface area contributed by atoms with Crippen LogP contribution >= 0.6 is 0 Å². The van der Waals surface area contributed by atoms with Gasteiger partial charge in [0, 0.05) is 5.56 Å². The summed E-state index contributed by atoms with van der Waals surface area (Å²) in [5.41, 5.74) is 4.31. The van der Waals surface area contributed by atoms with Gasteiger partial charge in [0.15, 0.2) is 0 Å². The molecule has 0 atom stereocenters. The zero-order valence-electron chi connectivity index (χ0n) is 11.6. The fraction of sp³-hybridized carbons (Fsp3) is 0.400. The minimum atomic E-state index is 0.338. The lowest BCUT2D eigenvalue weighted by molar-refractivity contribution is 0.388. The van der Waals surface area contributed by atoms with Gasteiger partial charge in [0.1, 0.15) is 11.5 Å². The fourth-order valence-corrected chi connectivity index (χ4v) is 2.11. The predicted octanol–water partition coefficient (Wildman–Crippen LogP) is 4.09. The number of nitrogens with zero attached hydrogens (tertiary/aromatic N) is 1. The highest BCUT2D eigenvalue weighted by Gasteiger charge is 2.18. The molecule has 0 spiro atoms. The summed E-state index contributed by atoms with van der Waals surface area (Å²) in [6.07, 6.45) is 0. The van der Waals surface area contributed by atoms with Crippen molar-refractivity contribution in [3.05, 3.63) is 35.2 Å². The molecule has 1 aromatic carbocycles. The summed E-state index contributed by atoms with van der Waals surface area (Å²) >= 11 is 0. The number of hydrogen-bond acceptors (Lipinski definition) is 3. The Morgan fingerprint density at radius 2 is 1.94 bits per heavy atom. The third-order valence-corrected chi connectivity index (χ3v) is 3.13. The third-order valence-electron chi connectivity index (χ3n) is 3.13. The Morgan fingerprint density at radius 3 is 2.56 bits per heavy atom. The number of aryl methyl sites for hydroxylation is 2. The minimum absolute atomic E-state index is 0.338. The molecule has 0 saturated carbocycles. The van der Waals surface area contributed by atoms with Gasteiger partial charge in [-0.1, -0.05) is 31.1 Å². The van der Waals surface area contributed by atoms with Gasteiger partial charge in [-0.2, -0.15) is 0 Å². The summed E-state index contributed by atoms with van der Waals surface area (Å²) in [4.78, 5) is 0. The van der Waals surface area contributed by atoms with Crippen LogP contribution in [0.5, 0.6) is 5.75 Å². The molecule has 3 nitrogen and oxygen atoms in total. The summed E-state index contributed by atoms with van der Waals surface area (Å²) < 4.78 is 10.7. The Balaban J connectivity index is 2.58. The molecule has 0 N–H and O–H groups in total. The molecule has 2 rings (SSSR count). The highest BCUT2D eigenvalue weighted by atomic mass is 16.5. The number of benzene rings is 1. The summed E-state index contributed by atoms with van der Waals surface area (Å²) in [7, 11) is 1.69. The zero-order chi connectivity index (χ0) is 13.3. The van der Waals surface area contributed by atoms with Gasteiger partial charge in [-0.25, -0.2) is 0 Å². The van der Waals surface area contributed by atoms with Crippen molar-refractivity contribution >= 4 is 0 Å². The van der Waals surface area contributed by atoms with E-state index in [1.807, 2.05) is 19.9 Å². The average Bonchev–Trinajstić information content (AvgIpc) is 2.72. The molecule has 96 valence electrons. The van der Waals surface area contributed by atoms with Gasteiger partial charge in [-0.3, -0.25) is 0 Å². The largest absolute Gasteiger partial charge is 0.496 e. The van der Waals surface area contributed by atoms with Crippen LogP contribution in [0.4, 0.5) is 0 Å². The van der Waals surface area contributed by atoms with Gasteiger partial charge >= 0.3 is 0 Å². The van der Waals surface area contributed by atoms with Crippen molar-refractivity contribution in [2.75, 3.05) is 7.11 Å². The van der Waals surface area contributed by atoms with Gasteiger partial charge < -0.3 is 9.26 Å². The van der Waals surface area contributed by atoms with Crippen LogP contribution in [0.15, 0.2) is 22.7 Å². The summed E-state index contributed by atoms with van der Waals surface area (Å²) in [6, 6.07) is 6.19. The van der Waals surface area contributed by atoms with Crippen LogP contribution in [0.25, 0.3) is 11.1 Å². The van der Waals surface area contributed by atoms with Gasteiger partial charge in [0.05, 0.1) is 12.8 Å². The molecule has 18 heavy (non-hydrogen) atoms. The molecule has 0 bridgehead atoms. The second-order valence-corrected chi connectivity index (χ2v) is 4.84. The van der Waals surface area contributed by atoms with E-state index in [0.717, 1.165) is 33.9 Å². The first-order chi connectivity index (χ1) is 8.54. The molecule has 1 aromatic heterocycles. The highest BCUT2D eigenvalue weighted by molar-refractivity contribution is 5.70. The standard InChI is InChI=1S/C15H19NO2/c1-9(2)15-14(11(4)18-16-15)12-7-6-10(3)13(8-12)17-5/h6-9H,1-5H3. The van der Waals surface area contributed by atoms with E-state index in [1.54, 1.807) is 7.11 Å². The first-order valence-corrected chi connectivity index (χ1v) is 6.15. The fourth-order valence-electron chi connectivity index (χ4n) is 2.11. The first kappa shape index (κ1) is 12.7. The van der Waals surface area contributed by atoms with E-state index in [-0.39, 0.29) is 0 Å². The van der Waals surface area contributed by atoms with E-state index >= 15 is 0 Å². The lowest BCUT2D eigenvalue weighted by Gasteiger charge is -2.09. The number of rotatable bonds is 3. The Hall–Kier alpha value is -1.77. The summed E-state index contributed by atoms with van der Waals surface area (Å²) in [5.74, 6) is 2.08. The topological polar surface area (TPSA) is 35.3 Å². The van der Waals surface area contributed by atoms with E-state index in [0.29, 0.717) is 5.92 Å². The lowest BCUT2D eigenvalue weighted by atomic mass is 9.97. The molecule has 0 aliphatic carbocycles.